The quantitative estimate of drug-likeness (QED) is 0.578. The third-order valence-corrected chi connectivity index (χ3v) is 4.05. The minimum Gasteiger partial charge on any atom is -0.313 e. The maximum atomic E-state index is 9.47. The number of rotatable bonds is 3. The molecule has 0 amide bonds. The van der Waals surface area contributed by atoms with Gasteiger partial charge in [-0.3, -0.25) is 0 Å². The lowest BCUT2D eigenvalue weighted by Gasteiger charge is -2.33. The molecule has 1 N–H and O–H groups in total. The van der Waals surface area contributed by atoms with Crippen molar-refractivity contribution in [2.45, 2.75) is 19.8 Å². The molecule has 0 aromatic rings. The topological polar surface area (TPSA) is 71.4 Å². The maximum Gasteiger partial charge on any atom is 0.0806 e. The fourth-order valence-electron chi connectivity index (χ4n) is 3.25. The molecule has 2 aliphatic rings. The fraction of sp³-hybridized carbons (Fsp3) is 0.615. The Labute approximate surface area is 95.9 Å². The lowest BCUT2D eigenvalue weighted by molar-refractivity contribution is 0.229. The highest BCUT2D eigenvalue weighted by molar-refractivity contribution is 5.56. The molecular formula is C13H15N3. The van der Waals surface area contributed by atoms with Crippen LogP contribution >= 0.6 is 0 Å². The van der Waals surface area contributed by atoms with Gasteiger partial charge in [0.05, 0.1) is 23.5 Å². The molecule has 1 fully saturated rings. The second-order valence-corrected chi connectivity index (χ2v) is 5.00. The summed E-state index contributed by atoms with van der Waals surface area (Å²) in [5.41, 5.74) is -0.550. The molecule has 0 radical (unpaired) electrons. The van der Waals surface area contributed by atoms with Crippen molar-refractivity contribution in [3.63, 3.8) is 0 Å². The van der Waals surface area contributed by atoms with Crippen molar-refractivity contribution < 1.29 is 0 Å². The second kappa shape index (κ2) is 3.76. The number of fused-ring (bicyclic) bond motifs is 2. The molecule has 5 unspecified atom stereocenters. The average Bonchev–Trinajstić information content (AvgIpc) is 2.87. The Kier molecular flexibility index (Phi) is 2.56. The first kappa shape index (κ1) is 10.9. The molecule has 1 saturated carbocycles. The minimum absolute atomic E-state index is 0.0725. The highest BCUT2D eigenvalue weighted by Gasteiger charge is 2.57. The normalized spacial score (nSPS) is 41.3. The van der Waals surface area contributed by atoms with E-state index in [9.17, 15) is 10.5 Å². The first-order chi connectivity index (χ1) is 7.67. The maximum absolute atomic E-state index is 9.47. The number of allylic oxidation sites excluding steroid dienone is 2. The van der Waals surface area contributed by atoms with Gasteiger partial charge in [-0.1, -0.05) is 19.1 Å². The zero-order chi connectivity index (χ0) is 11.8. The zero-order valence-corrected chi connectivity index (χ0v) is 9.35. The highest BCUT2D eigenvalue weighted by Crippen LogP contribution is 2.58. The summed E-state index contributed by atoms with van der Waals surface area (Å²) in [5.74, 6) is 0.361. The Balaban J connectivity index is 2.34. The van der Waals surface area contributed by atoms with Crippen LogP contribution in [0.3, 0.4) is 0 Å². The summed E-state index contributed by atoms with van der Waals surface area (Å²) < 4.78 is 0. The molecule has 0 aromatic heterocycles. The van der Waals surface area contributed by atoms with Crippen molar-refractivity contribution in [3.05, 3.63) is 12.2 Å². The molecule has 16 heavy (non-hydrogen) atoms. The third kappa shape index (κ3) is 1.28. The van der Waals surface area contributed by atoms with Gasteiger partial charge in [0.2, 0.25) is 0 Å². The molecule has 0 aliphatic heterocycles. The number of nitrogens with zero attached hydrogens (tertiary/aromatic N) is 2. The minimum atomic E-state index is -0.550. The van der Waals surface area contributed by atoms with Gasteiger partial charge in [-0.25, -0.2) is 0 Å². The Bertz CT molecular complexity index is 412. The molecular weight excluding hydrogens is 198 g/mol. The van der Waals surface area contributed by atoms with Crippen LogP contribution in [-0.4, -0.2) is 6.21 Å². The van der Waals surface area contributed by atoms with Crippen LogP contribution in [0.1, 0.15) is 19.8 Å². The van der Waals surface area contributed by atoms with Crippen molar-refractivity contribution in [2.24, 2.45) is 29.1 Å². The van der Waals surface area contributed by atoms with Crippen LogP contribution in [0.25, 0.3) is 0 Å². The molecule has 2 rings (SSSR count). The predicted molar refractivity (Wildman–Crippen MR) is 60.5 cm³/mol. The molecule has 0 saturated heterocycles. The van der Waals surface area contributed by atoms with Gasteiger partial charge >= 0.3 is 0 Å². The van der Waals surface area contributed by atoms with Crippen LogP contribution in [0.15, 0.2) is 12.2 Å². The van der Waals surface area contributed by atoms with Crippen LogP contribution in [0.5, 0.6) is 0 Å². The lowest BCUT2D eigenvalue weighted by atomic mass is 9.66. The van der Waals surface area contributed by atoms with Gasteiger partial charge in [0.25, 0.3) is 0 Å². The summed E-state index contributed by atoms with van der Waals surface area (Å²) >= 11 is 0. The van der Waals surface area contributed by atoms with Crippen LogP contribution in [0.4, 0.5) is 0 Å². The Morgan fingerprint density at radius 1 is 1.56 bits per heavy atom. The molecule has 3 heteroatoms. The van der Waals surface area contributed by atoms with E-state index in [-0.39, 0.29) is 23.7 Å². The van der Waals surface area contributed by atoms with E-state index >= 15 is 0 Å². The van der Waals surface area contributed by atoms with Crippen LogP contribution < -0.4 is 0 Å². The van der Waals surface area contributed by atoms with Gasteiger partial charge in [-0.2, -0.15) is 10.5 Å². The van der Waals surface area contributed by atoms with Gasteiger partial charge in [0.15, 0.2) is 0 Å². The first-order valence-corrected chi connectivity index (χ1v) is 5.67. The molecule has 0 aromatic carbocycles. The molecule has 0 spiro atoms. The number of nitrogens with one attached hydrogen (secondary N) is 1. The van der Waals surface area contributed by atoms with Crippen molar-refractivity contribution in [1.29, 1.82) is 15.9 Å². The summed E-state index contributed by atoms with van der Waals surface area (Å²) in [5, 5.41) is 26.0. The Hall–Kier alpha value is -1.61. The number of hydrogen-bond acceptors (Lipinski definition) is 3. The number of nitriles is 2. The monoisotopic (exact) mass is 213 g/mol. The lowest BCUT2D eigenvalue weighted by Crippen LogP contribution is -2.34. The molecule has 2 aliphatic carbocycles. The van der Waals surface area contributed by atoms with E-state index in [1.165, 1.54) is 6.21 Å². The van der Waals surface area contributed by atoms with Crippen molar-refractivity contribution >= 4 is 6.21 Å². The van der Waals surface area contributed by atoms with Crippen LogP contribution in [-0.2, 0) is 0 Å². The summed E-state index contributed by atoms with van der Waals surface area (Å²) in [7, 11) is 0. The molecule has 2 bridgehead atoms. The van der Waals surface area contributed by atoms with Crippen molar-refractivity contribution in [1.82, 2.24) is 0 Å². The molecule has 5 atom stereocenters. The van der Waals surface area contributed by atoms with E-state index in [4.69, 9.17) is 5.41 Å². The van der Waals surface area contributed by atoms with Gasteiger partial charge in [0, 0.05) is 0 Å². The van der Waals surface area contributed by atoms with E-state index in [0.29, 0.717) is 6.42 Å². The highest BCUT2D eigenvalue weighted by atomic mass is 14.6. The van der Waals surface area contributed by atoms with Gasteiger partial charge in [-0.05, 0) is 36.8 Å². The van der Waals surface area contributed by atoms with Gasteiger partial charge < -0.3 is 5.41 Å². The smallest absolute Gasteiger partial charge is 0.0806 e. The van der Waals surface area contributed by atoms with E-state index in [1.807, 2.05) is 6.92 Å². The Morgan fingerprint density at radius 3 is 2.88 bits per heavy atom. The fourth-order valence-corrected chi connectivity index (χ4v) is 3.25. The SMILES string of the molecule is CC(C=N)CC1(C#N)C2C=CC(C2)C1C#N. The third-order valence-electron chi connectivity index (χ3n) is 4.05. The summed E-state index contributed by atoms with van der Waals surface area (Å²) in [6, 6.07) is 4.72. The van der Waals surface area contributed by atoms with E-state index in [0.717, 1.165) is 6.42 Å². The second-order valence-electron chi connectivity index (χ2n) is 5.00. The molecule has 0 heterocycles. The van der Waals surface area contributed by atoms with Gasteiger partial charge in [0.1, 0.15) is 0 Å². The molecule has 82 valence electrons. The van der Waals surface area contributed by atoms with E-state index in [2.05, 4.69) is 24.3 Å². The predicted octanol–water partition coefficient (Wildman–Crippen LogP) is 2.52. The first-order valence-electron chi connectivity index (χ1n) is 5.67. The summed E-state index contributed by atoms with van der Waals surface area (Å²) in [6.07, 6.45) is 7.14. The zero-order valence-electron chi connectivity index (χ0n) is 9.35. The van der Waals surface area contributed by atoms with Gasteiger partial charge in [-0.15, -0.1) is 0 Å². The number of hydrogen-bond donors (Lipinski definition) is 1. The Morgan fingerprint density at radius 2 is 2.31 bits per heavy atom. The average molecular weight is 213 g/mol. The van der Waals surface area contributed by atoms with E-state index < -0.39 is 5.41 Å². The van der Waals surface area contributed by atoms with Crippen LogP contribution in [0.2, 0.25) is 0 Å². The summed E-state index contributed by atoms with van der Waals surface area (Å²) in [6.45, 7) is 1.94. The largest absolute Gasteiger partial charge is 0.313 e. The van der Waals surface area contributed by atoms with E-state index in [1.54, 1.807) is 0 Å². The van der Waals surface area contributed by atoms with Crippen LogP contribution in [0, 0.1) is 57.2 Å². The molecule has 3 nitrogen and oxygen atoms in total. The van der Waals surface area contributed by atoms with Crippen molar-refractivity contribution in [3.8, 4) is 12.1 Å². The van der Waals surface area contributed by atoms with Crippen molar-refractivity contribution in [2.75, 3.05) is 0 Å². The standard InChI is InChI=1S/C13H15N3/c1-9(6-14)5-13(8-16)11-3-2-10(4-11)12(13)7-15/h2-3,6,9-12,14H,4-5H2,1H3. The summed E-state index contributed by atoms with van der Waals surface area (Å²) in [4.78, 5) is 0.